The summed E-state index contributed by atoms with van der Waals surface area (Å²) in [7, 11) is 0. The van der Waals surface area contributed by atoms with E-state index in [0.29, 0.717) is 5.56 Å². The van der Waals surface area contributed by atoms with E-state index in [1.165, 1.54) is 0 Å². The molecule has 0 aliphatic heterocycles. The molecule has 0 amide bonds. The van der Waals surface area contributed by atoms with Gasteiger partial charge in [0.25, 0.3) is 0 Å². The second kappa shape index (κ2) is 12.5. The number of carboxylic acid groups (broad SMARTS) is 2. The van der Waals surface area contributed by atoms with Crippen LogP contribution in [-0.2, 0) is 9.59 Å². The van der Waals surface area contributed by atoms with Crippen molar-refractivity contribution in [1.82, 2.24) is 0 Å². The van der Waals surface area contributed by atoms with Gasteiger partial charge in [-0.05, 0) is 0 Å². The molecule has 0 saturated heterocycles. The second-order valence-corrected chi connectivity index (χ2v) is 3.28. The summed E-state index contributed by atoms with van der Waals surface area (Å²) < 4.78 is 0. The molecular formula is C13H20O6. The molecule has 0 radical (unpaired) electrons. The number of aliphatic carboxylic acids is 2. The average molecular weight is 272 g/mol. The van der Waals surface area contributed by atoms with Crippen LogP contribution in [0.3, 0.4) is 0 Å². The normalized spacial score (nSPS) is 8.68. The molecule has 4 N–H and O–H groups in total. The Labute approximate surface area is 111 Å². The van der Waals surface area contributed by atoms with Gasteiger partial charge in [0.2, 0.25) is 0 Å². The monoisotopic (exact) mass is 272 g/mol. The van der Waals surface area contributed by atoms with E-state index in [9.17, 15) is 9.59 Å². The number of benzene rings is 1. The number of aliphatic hydroxyl groups excluding tert-OH is 1. The summed E-state index contributed by atoms with van der Waals surface area (Å²) in [5, 5.41) is 32.6. The zero-order valence-electron chi connectivity index (χ0n) is 11.0. The molecule has 19 heavy (non-hydrogen) atoms. The maximum absolute atomic E-state index is 9.37. The SMILES string of the molecule is CCC(=O)O.CCC(=O)O.OC(O)c1ccccc1. The summed E-state index contributed by atoms with van der Waals surface area (Å²) in [5.41, 5.74) is 0.525. The number of carboxylic acids is 2. The van der Waals surface area contributed by atoms with E-state index in [2.05, 4.69) is 0 Å². The molecule has 0 aliphatic carbocycles. The Kier molecular flexibility index (Phi) is 12.8. The van der Waals surface area contributed by atoms with Gasteiger partial charge in [-0.25, -0.2) is 0 Å². The second-order valence-electron chi connectivity index (χ2n) is 3.28. The van der Waals surface area contributed by atoms with Crippen LogP contribution in [-0.4, -0.2) is 32.4 Å². The minimum Gasteiger partial charge on any atom is -0.481 e. The van der Waals surface area contributed by atoms with Crippen molar-refractivity contribution in [3.05, 3.63) is 35.9 Å². The highest BCUT2D eigenvalue weighted by atomic mass is 16.5. The minimum atomic E-state index is -1.34. The highest BCUT2D eigenvalue weighted by molar-refractivity contribution is 5.66. The third-order valence-electron chi connectivity index (χ3n) is 1.70. The lowest BCUT2D eigenvalue weighted by Crippen LogP contribution is -1.92. The van der Waals surface area contributed by atoms with Crippen LogP contribution in [0.25, 0.3) is 0 Å². The molecule has 6 heteroatoms. The van der Waals surface area contributed by atoms with E-state index in [-0.39, 0.29) is 12.8 Å². The van der Waals surface area contributed by atoms with Gasteiger partial charge in [-0.3, -0.25) is 9.59 Å². The van der Waals surface area contributed by atoms with E-state index in [1.807, 2.05) is 6.07 Å². The van der Waals surface area contributed by atoms with Crippen LogP contribution in [0.15, 0.2) is 30.3 Å². The van der Waals surface area contributed by atoms with Crippen LogP contribution in [0.2, 0.25) is 0 Å². The largest absolute Gasteiger partial charge is 0.481 e. The lowest BCUT2D eigenvalue weighted by molar-refractivity contribution is -0.137. The van der Waals surface area contributed by atoms with Crippen LogP contribution in [0.1, 0.15) is 38.5 Å². The van der Waals surface area contributed by atoms with Gasteiger partial charge in [0.15, 0.2) is 6.29 Å². The molecule has 0 heterocycles. The van der Waals surface area contributed by atoms with Crippen LogP contribution >= 0.6 is 0 Å². The van der Waals surface area contributed by atoms with Gasteiger partial charge in [0.05, 0.1) is 0 Å². The first-order valence-electron chi connectivity index (χ1n) is 5.69. The van der Waals surface area contributed by atoms with Crippen molar-refractivity contribution in [2.75, 3.05) is 0 Å². The molecule has 0 fully saturated rings. The number of hydrogen-bond donors (Lipinski definition) is 4. The molecule has 0 saturated carbocycles. The van der Waals surface area contributed by atoms with Gasteiger partial charge in [0, 0.05) is 18.4 Å². The zero-order chi connectivity index (χ0) is 15.3. The predicted octanol–water partition coefficient (Wildman–Crippen LogP) is 1.63. The van der Waals surface area contributed by atoms with Gasteiger partial charge >= 0.3 is 11.9 Å². The first kappa shape index (κ1) is 19.4. The first-order valence-corrected chi connectivity index (χ1v) is 5.69. The Morgan fingerprint density at radius 2 is 1.26 bits per heavy atom. The number of hydrogen-bond acceptors (Lipinski definition) is 4. The Morgan fingerprint density at radius 3 is 1.42 bits per heavy atom. The maximum atomic E-state index is 9.37. The third kappa shape index (κ3) is 16.1. The van der Waals surface area contributed by atoms with Crippen LogP contribution in [0.5, 0.6) is 0 Å². The number of carbonyl (C=O) groups is 2. The van der Waals surface area contributed by atoms with E-state index < -0.39 is 18.2 Å². The summed E-state index contributed by atoms with van der Waals surface area (Å²) in [4.78, 5) is 18.7. The fourth-order valence-electron chi connectivity index (χ4n) is 0.625. The number of aliphatic hydroxyl groups is 2. The molecule has 0 atom stereocenters. The predicted molar refractivity (Wildman–Crippen MR) is 69.5 cm³/mol. The molecule has 0 spiro atoms. The molecule has 0 bridgehead atoms. The van der Waals surface area contributed by atoms with Crippen LogP contribution in [0.4, 0.5) is 0 Å². The molecule has 0 aromatic heterocycles. The Bertz CT molecular complexity index is 333. The van der Waals surface area contributed by atoms with Crippen LogP contribution in [0, 0.1) is 0 Å². The van der Waals surface area contributed by atoms with Crippen molar-refractivity contribution in [3.63, 3.8) is 0 Å². The van der Waals surface area contributed by atoms with Gasteiger partial charge < -0.3 is 20.4 Å². The van der Waals surface area contributed by atoms with Crippen LogP contribution < -0.4 is 0 Å². The van der Waals surface area contributed by atoms with Crippen molar-refractivity contribution in [2.45, 2.75) is 33.0 Å². The molecule has 1 rings (SSSR count). The zero-order valence-corrected chi connectivity index (χ0v) is 11.0. The van der Waals surface area contributed by atoms with E-state index >= 15 is 0 Å². The van der Waals surface area contributed by atoms with Crippen molar-refractivity contribution in [1.29, 1.82) is 0 Å². The quantitative estimate of drug-likeness (QED) is 0.622. The fraction of sp³-hybridized carbons (Fsp3) is 0.385. The summed E-state index contributed by atoms with van der Waals surface area (Å²) in [6.45, 7) is 3.20. The van der Waals surface area contributed by atoms with Gasteiger partial charge in [-0.15, -0.1) is 0 Å². The van der Waals surface area contributed by atoms with Gasteiger partial charge in [-0.2, -0.15) is 0 Å². The molecule has 0 unspecified atom stereocenters. The average Bonchev–Trinajstić information content (AvgIpc) is 2.41. The maximum Gasteiger partial charge on any atom is 0.303 e. The molecule has 1 aromatic rings. The van der Waals surface area contributed by atoms with Crippen molar-refractivity contribution >= 4 is 11.9 Å². The highest BCUT2D eigenvalue weighted by Crippen LogP contribution is 2.06. The molecule has 0 aliphatic rings. The fourth-order valence-corrected chi connectivity index (χ4v) is 0.625. The Morgan fingerprint density at radius 1 is 0.947 bits per heavy atom. The standard InChI is InChI=1S/C7H8O2.2C3H6O2/c8-7(9)6-4-2-1-3-5-6;2*1-2-3(4)5/h1-5,7-9H;2*2H2,1H3,(H,4,5). The number of rotatable bonds is 3. The summed E-state index contributed by atoms with van der Waals surface area (Å²) in [6.07, 6.45) is -0.897. The van der Waals surface area contributed by atoms with Crippen molar-refractivity contribution in [2.24, 2.45) is 0 Å². The summed E-state index contributed by atoms with van der Waals surface area (Å²) in [5.74, 6) is -1.49. The Hall–Kier alpha value is -1.92. The third-order valence-corrected chi connectivity index (χ3v) is 1.70. The summed E-state index contributed by atoms with van der Waals surface area (Å²) in [6, 6.07) is 8.66. The minimum absolute atomic E-state index is 0.222. The topological polar surface area (TPSA) is 115 Å². The first-order chi connectivity index (χ1) is 8.84. The van der Waals surface area contributed by atoms with E-state index in [1.54, 1.807) is 38.1 Å². The van der Waals surface area contributed by atoms with E-state index in [0.717, 1.165) is 0 Å². The molecule has 6 nitrogen and oxygen atoms in total. The molecule has 1 aromatic carbocycles. The lowest BCUT2D eigenvalue weighted by atomic mass is 10.2. The van der Waals surface area contributed by atoms with Crippen molar-refractivity contribution in [3.8, 4) is 0 Å². The van der Waals surface area contributed by atoms with Crippen molar-refractivity contribution < 1.29 is 30.0 Å². The lowest BCUT2D eigenvalue weighted by Gasteiger charge is -1.99. The van der Waals surface area contributed by atoms with E-state index in [4.69, 9.17) is 20.4 Å². The smallest absolute Gasteiger partial charge is 0.303 e. The Balaban J connectivity index is 0. The van der Waals surface area contributed by atoms with Gasteiger partial charge in [0.1, 0.15) is 0 Å². The highest BCUT2D eigenvalue weighted by Gasteiger charge is 1.97. The summed E-state index contributed by atoms with van der Waals surface area (Å²) >= 11 is 0. The molecule has 108 valence electrons. The molecular weight excluding hydrogens is 252 g/mol. The van der Waals surface area contributed by atoms with Gasteiger partial charge in [-0.1, -0.05) is 44.2 Å².